The lowest BCUT2D eigenvalue weighted by Crippen LogP contribution is -2.59. The fourth-order valence-electron chi connectivity index (χ4n) is 8.18. The lowest BCUT2D eigenvalue weighted by molar-refractivity contribution is -0.151. The quantitative estimate of drug-likeness (QED) is 0.283. The van der Waals surface area contributed by atoms with Crippen LogP contribution in [0.25, 0.3) is 0 Å². The SMILES string of the molecule is CCOc1ccc(N2CC=C[C@H]3O[C@]45C=CCN(C(C)(C)CC(C)(C)C)C(=O)C4N(CCCCCCO)C(=O)[C@@H]5[C@H]3C2=O)cc1. The fourth-order valence-corrected chi connectivity index (χ4v) is 8.18. The normalized spacial score (nSPS) is 28.2. The highest BCUT2D eigenvalue weighted by Crippen LogP contribution is 2.54. The molecular weight excluding hydrogens is 570 g/mol. The van der Waals surface area contributed by atoms with Gasteiger partial charge in [-0.25, -0.2) is 0 Å². The van der Waals surface area contributed by atoms with Crippen molar-refractivity contribution in [2.45, 2.75) is 96.9 Å². The number of amides is 3. The van der Waals surface area contributed by atoms with Crippen LogP contribution in [0.3, 0.4) is 0 Å². The number of hydrogen-bond donors (Lipinski definition) is 1. The number of ether oxygens (including phenoxy) is 2. The molecule has 9 nitrogen and oxygen atoms in total. The zero-order chi connectivity index (χ0) is 32.6. The van der Waals surface area contributed by atoms with Gasteiger partial charge in [0.2, 0.25) is 17.7 Å². The molecule has 4 heterocycles. The molecule has 0 bridgehead atoms. The monoisotopic (exact) mass is 621 g/mol. The van der Waals surface area contributed by atoms with Gasteiger partial charge in [0.1, 0.15) is 17.4 Å². The summed E-state index contributed by atoms with van der Waals surface area (Å²) in [4.78, 5) is 49.1. The topological polar surface area (TPSA) is 99.6 Å². The van der Waals surface area contributed by atoms with Crippen molar-refractivity contribution in [1.82, 2.24) is 9.80 Å². The molecule has 5 rings (SSSR count). The third-order valence-electron chi connectivity index (χ3n) is 9.62. The number of aliphatic hydroxyl groups excluding tert-OH is 1. The Morgan fingerprint density at radius 1 is 0.933 bits per heavy atom. The number of rotatable bonds is 11. The van der Waals surface area contributed by atoms with E-state index >= 15 is 0 Å². The molecule has 9 heteroatoms. The summed E-state index contributed by atoms with van der Waals surface area (Å²) in [6.07, 6.45) is 11.0. The summed E-state index contributed by atoms with van der Waals surface area (Å²) in [5.74, 6) is -1.37. The van der Waals surface area contributed by atoms with Crippen molar-refractivity contribution in [3.05, 3.63) is 48.6 Å². The fraction of sp³-hybridized carbons (Fsp3) is 0.639. The Hall–Kier alpha value is -3.17. The first-order chi connectivity index (χ1) is 21.3. The summed E-state index contributed by atoms with van der Waals surface area (Å²) in [5.41, 5.74) is -1.01. The summed E-state index contributed by atoms with van der Waals surface area (Å²) < 4.78 is 12.4. The van der Waals surface area contributed by atoms with Gasteiger partial charge in [-0.05, 0) is 69.7 Å². The van der Waals surface area contributed by atoms with E-state index in [-0.39, 0.29) is 29.7 Å². The molecule has 0 aromatic heterocycles. The zero-order valence-corrected chi connectivity index (χ0v) is 27.8. The van der Waals surface area contributed by atoms with Gasteiger partial charge in [-0.1, -0.05) is 57.9 Å². The molecule has 1 N–H and O–H groups in total. The first-order valence-corrected chi connectivity index (χ1v) is 16.6. The molecule has 2 saturated heterocycles. The van der Waals surface area contributed by atoms with Crippen LogP contribution in [0.15, 0.2) is 48.6 Å². The Bertz CT molecular complexity index is 1310. The molecule has 1 unspecified atom stereocenters. The number of nitrogens with zero attached hydrogens (tertiary/aromatic N) is 3. The molecule has 2 fully saturated rings. The number of hydrogen-bond acceptors (Lipinski definition) is 6. The first-order valence-electron chi connectivity index (χ1n) is 16.6. The lowest BCUT2D eigenvalue weighted by Gasteiger charge is -2.44. The van der Waals surface area contributed by atoms with E-state index in [1.54, 1.807) is 9.80 Å². The van der Waals surface area contributed by atoms with E-state index in [1.807, 2.05) is 60.4 Å². The Kier molecular flexibility index (Phi) is 9.53. The highest BCUT2D eigenvalue weighted by molar-refractivity contribution is 6.04. The summed E-state index contributed by atoms with van der Waals surface area (Å²) in [7, 11) is 0. The molecule has 0 aliphatic carbocycles. The summed E-state index contributed by atoms with van der Waals surface area (Å²) in [6, 6.07) is 6.56. The highest BCUT2D eigenvalue weighted by Gasteiger charge is 2.72. The number of fused-ring (bicyclic) bond motifs is 2. The highest BCUT2D eigenvalue weighted by atomic mass is 16.5. The predicted octanol–water partition coefficient (Wildman–Crippen LogP) is 4.73. The van der Waals surface area contributed by atoms with Crippen LogP contribution in [0.2, 0.25) is 0 Å². The van der Waals surface area contributed by atoms with E-state index in [4.69, 9.17) is 9.47 Å². The number of unbranched alkanes of at least 4 members (excludes halogenated alkanes) is 3. The van der Waals surface area contributed by atoms with Crippen LogP contribution in [-0.2, 0) is 19.1 Å². The van der Waals surface area contributed by atoms with Crippen molar-refractivity contribution < 1.29 is 29.0 Å². The van der Waals surface area contributed by atoms with E-state index < -0.39 is 35.1 Å². The van der Waals surface area contributed by atoms with Crippen LogP contribution in [0.4, 0.5) is 5.69 Å². The number of likely N-dealkylation sites (tertiary alicyclic amines) is 1. The van der Waals surface area contributed by atoms with Crippen molar-refractivity contribution in [2.24, 2.45) is 17.3 Å². The van der Waals surface area contributed by atoms with Gasteiger partial charge >= 0.3 is 0 Å². The second-order valence-electron chi connectivity index (χ2n) is 14.7. The van der Waals surface area contributed by atoms with Gasteiger partial charge in [-0.15, -0.1) is 0 Å². The maximum absolute atomic E-state index is 14.8. The van der Waals surface area contributed by atoms with Gasteiger partial charge in [0.05, 0.1) is 24.5 Å². The second kappa shape index (κ2) is 12.9. The molecule has 246 valence electrons. The lowest BCUT2D eigenvalue weighted by atomic mass is 9.77. The third kappa shape index (κ3) is 6.30. The van der Waals surface area contributed by atoms with Crippen LogP contribution in [-0.4, -0.2) is 88.8 Å². The minimum Gasteiger partial charge on any atom is -0.494 e. The largest absolute Gasteiger partial charge is 0.494 e. The standard InChI is InChI=1S/C36H51N3O6/c1-7-44-26-17-15-25(16-18-26)37-21-12-14-27-28(31(37)41)29-32(42)38(20-10-8-9-11-23-40)30-33(43)39(22-13-19-36(29,30)45-27)35(5,6)24-34(2,3)4/h12-19,27-30,40H,7-11,20-24H2,1-6H3/t27-,28+,29+,30?,36+/m1/s1. The van der Waals surface area contributed by atoms with Crippen LogP contribution in [0.5, 0.6) is 5.75 Å². The van der Waals surface area contributed by atoms with Crippen molar-refractivity contribution in [2.75, 3.05) is 37.7 Å². The average molecular weight is 622 g/mol. The van der Waals surface area contributed by atoms with Gasteiger partial charge in [-0.3, -0.25) is 14.4 Å². The number of aliphatic hydroxyl groups is 1. The molecule has 45 heavy (non-hydrogen) atoms. The summed E-state index contributed by atoms with van der Waals surface area (Å²) in [6.45, 7) is 14.5. The number of anilines is 1. The zero-order valence-electron chi connectivity index (χ0n) is 27.8. The summed E-state index contributed by atoms with van der Waals surface area (Å²) >= 11 is 0. The Morgan fingerprint density at radius 2 is 1.64 bits per heavy atom. The van der Waals surface area contributed by atoms with Crippen molar-refractivity contribution in [3.63, 3.8) is 0 Å². The number of benzene rings is 1. The molecule has 1 aromatic rings. The molecular formula is C36H51N3O6. The van der Waals surface area contributed by atoms with Gasteiger partial charge < -0.3 is 29.3 Å². The van der Waals surface area contributed by atoms with E-state index in [0.29, 0.717) is 39.1 Å². The molecule has 4 aliphatic heterocycles. The molecule has 1 spiro atoms. The molecule has 0 saturated carbocycles. The first kappa shape index (κ1) is 33.2. The predicted molar refractivity (Wildman–Crippen MR) is 174 cm³/mol. The van der Waals surface area contributed by atoms with Crippen LogP contribution in [0.1, 0.15) is 73.6 Å². The molecule has 1 aromatic carbocycles. The van der Waals surface area contributed by atoms with Crippen molar-refractivity contribution >= 4 is 23.4 Å². The second-order valence-corrected chi connectivity index (χ2v) is 14.7. The minimum atomic E-state index is -1.25. The third-order valence-corrected chi connectivity index (χ3v) is 9.62. The maximum atomic E-state index is 14.8. The average Bonchev–Trinajstić information content (AvgIpc) is 3.26. The molecule has 5 atom stereocenters. The van der Waals surface area contributed by atoms with Crippen LogP contribution in [0, 0.1) is 17.3 Å². The smallest absolute Gasteiger partial charge is 0.249 e. The van der Waals surface area contributed by atoms with Gasteiger partial charge in [0.25, 0.3) is 0 Å². The van der Waals surface area contributed by atoms with E-state index in [1.165, 1.54) is 0 Å². The molecule has 3 amide bonds. The number of carbonyl (C=O) groups excluding carboxylic acids is 3. The van der Waals surface area contributed by atoms with Gasteiger partial charge in [-0.2, -0.15) is 0 Å². The van der Waals surface area contributed by atoms with Gasteiger partial charge in [0, 0.05) is 37.5 Å². The maximum Gasteiger partial charge on any atom is 0.249 e. The van der Waals surface area contributed by atoms with Crippen LogP contribution < -0.4 is 9.64 Å². The van der Waals surface area contributed by atoms with E-state index in [2.05, 4.69) is 34.6 Å². The van der Waals surface area contributed by atoms with Crippen LogP contribution >= 0.6 is 0 Å². The molecule has 0 radical (unpaired) electrons. The Labute approximate surface area is 268 Å². The van der Waals surface area contributed by atoms with E-state index in [9.17, 15) is 19.5 Å². The Balaban J connectivity index is 1.52. The van der Waals surface area contributed by atoms with Crippen molar-refractivity contribution in [3.8, 4) is 5.75 Å². The summed E-state index contributed by atoms with van der Waals surface area (Å²) in [5, 5.41) is 9.25. The Morgan fingerprint density at radius 3 is 2.31 bits per heavy atom. The van der Waals surface area contributed by atoms with E-state index in [0.717, 1.165) is 30.7 Å². The molecule has 4 aliphatic rings. The minimum absolute atomic E-state index is 0.0174. The number of carbonyl (C=O) groups is 3. The van der Waals surface area contributed by atoms with Crippen molar-refractivity contribution in [1.29, 1.82) is 0 Å². The van der Waals surface area contributed by atoms with Gasteiger partial charge in [0.15, 0.2) is 0 Å².